The maximum Gasteiger partial charge on any atom is 0.229 e. The van der Waals surface area contributed by atoms with Gasteiger partial charge in [-0.15, -0.1) is 12.4 Å². The van der Waals surface area contributed by atoms with Crippen LogP contribution in [0.5, 0.6) is 11.5 Å². The van der Waals surface area contributed by atoms with Gasteiger partial charge in [-0.2, -0.15) is 0 Å². The first kappa shape index (κ1) is 22.5. The van der Waals surface area contributed by atoms with Gasteiger partial charge in [-0.1, -0.05) is 18.2 Å². The molecule has 31 heavy (non-hydrogen) atoms. The summed E-state index contributed by atoms with van der Waals surface area (Å²) < 4.78 is 36.5. The van der Waals surface area contributed by atoms with Crippen LogP contribution in [0.4, 0.5) is 17.1 Å². The van der Waals surface area contributed by atoms with Crippen LogP contribution in [0.1, 0.15) is 0 Å². The Morgan fingerprint density at radius 2 is 1.61 bits per heavy atom. The number of ether oxygens (including phenoxy) is 2. The summed E-state index contributed by atoms with van der Waals surface area (Å²) in [7, 11) is -0.225. The number of fused-ring (bicyclic) bond motifs is 2. The molecule has 0 saturated carbocycles. The van der Waals surface area contributed by atoms with Crippen molar-refractivity contribution in [2.75, 3.05) is 30.5 Å². The van der Waals surface area contributed by atoms with E-state index >= 15 is 0 Å². The Morgan fingerprint density at radius 3 is 2.32 bits per heavy atom. The molecule has 9 heteroatoms. The molecule has 0 fully saturated rings. The number of hydrogen-bond acceptors (Lipinski definition) is 6. The maximum absolute atomic E-state index is 11.5. The van der Waals surface area contributed by atoms with E-state index in [-0.39, 0.29) is 12.4 Å². The first-order valence-electron chi connectivity index (χ1n) is 9.17. The summed E-state index contributed by atoms with van der Waals surface area (Å²) in [5, 5.41) is 5.29. The number of sulfonamides is 1. The molecular formula is C22H22ClN3O4S. The van der Waals surface area contributed by atoms with E-state index in [1.807, 2.05) is 42.5 Å². The molecule has 0 aliphatic carbocycles. The molecular weight excluding hydrogens is 438 g/mol. The predicted octanol–water partition coefficient (Wildman–Crippen LogP) is 4.94. The van der Waals surface area contributed by atoms with Gasteiger partial charge in [-0.05, 0) is 36.4 Å². The molecule has 0 spiro atoms. The third-order valence-electron chi connectivity index (χ3n) is 4.65. The molecule has 0 saturated heterocycles. The zero-order chi connectivity index (χ0) is 21.3. The molecule has 162 valence electrons. The Hall–Kier alpha value is -3.23. The van der Waals surface area contributed by atoms with Crippen LogP contribution in [-0.2, 0) is 10.0 Å². The van der Waals surface area contributed by atoms with Crippen LogP contribution in [0.25, 0.3) is 21.8 Å². The lowest BCUT2D eigenvalue weighted by atomic mass is 10.1. The summed E-state index contributed by atoms with van der Waals surface area (Å²) in [6.07, 6.45) is 1.11. The quantitative estimate of drug-likeness (QED) is 0.397. The largest absolute Gasteiger partial charge is 0.497 e. The third-order valence-corrected chi connectivity index (χ3v) is 5.26. The molecule has 2 N–H and O–H groups in total. The van der Waals surface area contributed by atoms with Crippen molar-refractivity contribution < 1.29 is 17.9 Å². The first-order chi connectivity index (χ1) is 14.4. The number of nitrogens with one attached hydrogen (secondary N) is 2. The minimum absolute atomic E-state index is 0. The van der Waals surface area contributed by atoms with Gasteiger partial charge in [0.25, 0.3) is 0 Å². The van der Waals surface area contributed by atoms with Crippen molar-refractivity contribution in [2.45, 2.75) is 0 Å². The first-order valence-corrected chi connectivity index (χ1v) is 11.1. The van der Waals surface area contributed by atoms with Gasteiger partial charge in [-0.25, -0.2) is 13.4 Å². The minimum atomic E-state index is -3.39. The number of methoxy groups -OCH3 is 2. The average Bonchev–Trinajstić information content (AvgIpc) is 2.73. The molecule has 0 unspecified atom stereocenters. The number of benzene rings is 3. The Bertz CT molecular complexity index is 1360. The summed E-state index contributed by atoms with van der Waals surface area (Å²) in [6.45, 7) is 0. The lowest BCUT2D eigenvalue weighted by Gasteiger charge is -2.17. The SMILES string of the molecule is COc1ccc2nc3ccccc3c(Nc3ccc(NS(C)(=O)=O)cc3OC)c2c1.Cl. The monoisotopic (exact) mass is 459 g/mol. The Kier molecular flexibility index (Phi) is 6.42. The van der Waals surface area contributed by atoms with Crippen LogP contribution in [-0.4, -0.2) is 33.9 Å². The standard InChI is InChI=1S/C22H21N3O4S.ClH/c1-28-15-9-11-19-17(13-15)22(16-6-4-5-7-18(16)23-19)24-20-10-8-14(12-21(20)29-2)25-30(3,26)27;/h4-13,25H,1-3H3,(H,23,24);1H. The highest BCUT2D eigenvalue weighted by Crippen LogP contribution is 2.38. The van der Waals surface area contributed by atoms with Crippen LogP contribution >= 0.6 is 12.4 Å². The van der Waals surface area contributed by atoms with Crippen LogP contribution in [0.2, 0.25) is 0 Å². The number of para-hydroxylation sites is 1. The molecule has 1 heterocycles. The summed E-state index contributed by atoms with van der Waals surface area (Å²) in [5.41, 5.74) is 3.65. The number of rotatable bonds is 6. The van der Waals surface area contributed by atoms with E-state index in [9.17, 15) is 8.42 Å². The predicted molar refractivity (Wildman–Crippen MR) is 128 cm³/mol. The smallest absolute Gasteiger partial charge is 0.229 e. The fourth-order valence-electron chi connectivity index (χ4n) is 3.34. The molecule has 0 aliphatic rings. The Balaban J connectivity index is 0.00000272. The Morgan fingerprint density at radius 1 is 0.871 bits per heavy atom. The molecule has 4 aromatic rings. The van der Waals surface area contributed by atoms with Gasteiger partial charge in [0.15, 0.2) is 0 Å². The average molecular weight is 460 g/mol. The number of hydrogen-bond donors (Lipinski definition) is 2. The van der Waals surface area contributed by atoms with E-state index in [0.717, 1.165) is 39.5 Å². The van der Waals surface area contributed by atoms with Gasteiger partial charge in [0.05, 0.1) is 48.6 Å². The van der Waals surface area contributed by atoms with Crippen LogP contribution < -0.4 is 19.5 Å². The molecule has 0 amide bonds. The summed E-state index contributed by atoms with van der Waals surface area (Å²) in [4.78, 5) is 4.75. The van der Waals surface area contributed by atoms with E-state index in [2.05, 4.69) is 10.0 Å². The van der Waals surface area contributed by atoms with E-state index < -0.39 is 10.0 Å². The van der Waals surface area contributed by atoms with Gasteiger partial charge in [0.2, 0.25) is 10.0 Å². The minimum Gasteiger partial charge on any atom is -0.497 e. The molecule has 0 atom stereocenters. The van der Waals surface area contributed by atoms with Gasteiger partial charge >= 0.3 is 0 Å². The zero-order valence-corrected chi connectivity index (χ0v) is 18.8. The summed E-state index contributed by atoms with van der Waals surface area (Å²) in [6, 6.07) is 18.7. The number of pyridine rings is 1. The number of nitrogens with zero attached hydrogens (tertiary/aromatic N) is 1. The zero-order valence-electron chi connectivity index (χ0n) is 17.2. The van der Waals surface area contributed by atoms with Crippen LogP contribution in [0.3, 0.4) is 0 Å². The molecule has 3 aromatic carbocycles. The van der Waals surface area contributed by atoms with Crippen molar-refractivity contribution in [2.24, 2.45) is 0 Å². The number of halogens is 1. The van der Waals surface area contributed by atoms with Crippen molar-refractivity contribution in [1.29, 1.82) is 0 Å². The maximum atomic E-state index is 11.5. The third kappa shape index (κ3) is 4.76. The topological polar surface area (TPSA) is 89.5 Å². The van der Waals surface area contributed by atoms with E-state index in [0.29, 0.717) is 17.1 Å². The van der Waals surface area contributed by atoms with Crippen molar-refractivity contribution in [3.8, 4) is 11.5 Å². The molecule has 0 bridgehead atoms. The molecule has 7 nitrogen and oxygen atoms in total. The summed E-state index contributed by atoms with van der Waals surface area (Å²) >= 11 is 0. The van der Waals surface area contributed by atoms with Crippen molar-refractivity contribution >= 4 is 61.3 Å². The van der Waals surface area contributed by atoms with Gasteiger partial charge in [0, 0.05) is 16.8 Å². The van der Waals surface area contributed by atoms with Crippen molar-refractivity contribution in [3.05, 3.63) is 60.7 Å². The molecule has 0 aliphatic heterocycles. The Labute approximate surface area is 186 Å². The fourth-order valence-corrected chi connectivity index (χ4v) is 3.89. The van der Waals surface area contributed by atoms with Crippen LogP contribution in [0, 0.1) is 0 Å². The molecule has 1 aromatic heterocycles. The molecule has 4 rings (SSSR count). The second-order valence-corrected chi connectivity index (χ2v) is 8.55. The van der Waals surface area contributed by atoms with Gasteiger partial charge < -0.3 is 14.8 Å². The number of anilines is 3. The second kappa shape index (κ2) is 8.87. The van der Waals surface area contributed by atoms with Gasteiger partial charge in [-0.3, -0.25) is 4.72 Å². The van der Waals surface area contributed by atoms with E-state index in [1.54, 1.807) is 25.3 Å². The normalized spacial score (nSPS) is 11.1. The highest BCUT2D eigenvalue weighted by atomic mass is 35.5. The highest BCUT2D eigenvalue weighted by Gasteiger charge is 2.14. The lowest BCUT2D eigenvalue weighted by Crippen LogP contribution is -2.09. The van der Waals surface area contributed by atoms with Crippen LogP contribution in [0.15, 0.2) is 60.7 Å². The van der Waals surface area contributed by atoms with E-state index in [4.69, 9.17) is 14.5 Å². The van der Waals surface area contributed by atoms with E-state index in [1.165, 1.54) is 7.11 Å². The highest BCUT2D eigenvalue weighted by molar-refractivity contribution is 7.92. The molecule has 0 radical (unpaired) electrons. The van der Waals surface area contributed by atoms with Crippen molar-refractivity contribution in [1.82, 2.24) is 4.98 Å². The van der Waals surface area contributed by atoms with Crippen molar-refractivity contribution in [3.63, 3.8) is 0 Å². The van der Waals surface area contributed by atoms with Gasteiger partial charge in [0.1, 0.15) is 11.5 Å². The number of aromatic nitrogens is 1. The lowest BCUT2D eigenvalue weighted by molar-refractivity contribution is 0.415. The summed E-state index contributed by atoms with van der Waals surface area (Å²) in [5.74, 6) is 1.22. The second-order valence-electron chi connectivity index (χ2n) is 6.80. The fraction of sp³-hybridized carbons (Fsp3) is 0.136.